The van der Waals surface area contributed by atoms with Crippen molar-refractivity contribution in [1.29, 1.82) is 0 Å². The van der Waals surface area contributed by atoms with E-state index in [0.29, 0.717) is 10.3 Å². The van der Waals surface area contributed by atoms with Crippen LogP contribution in [0.1, 0.15) is 56.6 Å². The maximum Gasteiger partial charge on any atom is 0.264 e. The Labute approximate surface area is 174 Å². The second-order valence-corrected chi connectivity index (χ2v) is 12.0. The Morgan fingerprint density at radius 1 is 0.862 bits per heavy atom. The molecule has 7 rings (SSSR count). The molecule has 1 atom stereocenters. The van der Waals surface area contributed by atoms with Crippen molar-refractivity contribution < 1.29 is 8.42 Å². The SMILES string of the molecule is C[C@@H]1Cc2ccccc2N1S(=O)(=O)c1ccc(C23CC4CC(CC(C4)C2)C3)cc1. The quantitative estimate of drug-likeness (QED) is 0.693. The number of fused-ring (bicyclic) bond motifs is 1. The van der Waals surface area contributed by atoms with Crippen molar-refractivity contribution in [2.75, 3.05) is 4.31 Å². The van der Waals surface area contributed by atoms with E-state index in [1.807, 2.05) is 43.3 Å². The molecule has 2 aromatic rings. The van der Waals surface area contributed by atoms with Gasteiger partial charge in [0, 0.05) is 6.04 Å². The minimum absolute atomic E-state index is 0.0415. The Morgan fingerprint density at radius 3 is 2.07 bits per heavy atom. The molecule has 2 aromatic carbocycles. The van der Waals surface area contributed by atoms with E-state index in [1.165, 1.54) is 44.1 Å². The molecule has 1 heterocycles. The van der Waals surface area contributed by atoms with Gasteiger partial charge in [-0.05, 0) is 104 Å². The summed E-state index contributed by atoms with van der Waals surface area (Å²) in [4.78, 5) is 0.425. The zero-order valence-corrected chi connectivity index (χ0v) is 17.9. The molecule has 5 aliphatic rings. The fraction of sp³-hybridized carbons (Fsp3) is 0.520. The van der Waals surface area contributed by atoms with Crippen molar-refractivity contribution in [2.45, 2.75) is 68.2 Å². The fourth-order valence-electron chi connectivity index (χ4n) is 7.46. The summed E-state index contributed by atoms with van der Waals surface area (Å²) in [7, 11) is -3.54. The van der Waals surface area contributed by atoms with Crippen molar-refractivity contribution in [2.24, 2.45) is 17.8 Å². The maximum absolute atomic E-state index is 13.5. The monoisotopic (exact) mass is 407 g/mol. The Morgan fingerprint density at radius 2 is 1.45 bits per heavy atom. The number of benzene rings is 2. The average Bonchev–Trinajstić information content (AvgIpc) is 3.03. The third-order valence-electron chi connectivity index (χ3n) is 8.21. The average molecular weight is 408 g/mol. The lowest BCUT2D eigenvalue weighted by Crippen LogP contribution is -2.48. The molecular weight excluding hydrogens is 378 g/mol. The summed E-state index contributed by atoms with van der Waals surface area (Å²) in [6.07, 6.45) is 8.99. The first-order chi connectivity index (χ1) is 13.9. The second kappa shape index (κ2) is 6.10. The van der Waals surface area contributed by atoms with Crippen molar-refractivity contribution in [3.63, 3.8) is 0 Å². The Balaban J connectivity index is 1.34. The molecule has 4 bridgehead atoms. The van der Waals surface area contributed by atoms with Gasteiger partial charge < -0.3 is 0 Å². The van der Waals surface area contributed by atoms with Crippen LogP contribution in [0, 0.1) is 17.8 Å². The molecule has 152 valence electrons. The first kappa shape index (κ1) is 18.0. The number of anilines is 1. The van der Waals surface area contributed by atoms with Gasteiger partial charge in [-0.1, -0.05) is 30.3 Å². The molecule has 4 fully saturated rings. The third-order valence-corrected chi connectivity index (χ3v) is 10.1. The summed E-state index contributed by atoms with van der Waals surface area (Å²) in [5.74, 6) is 2.69. The second-order valence-electron chi connectivity index (χ2n) is 10.2. The normalized spacial score (nSPS) is 35.1. The van der Waals surface area contributed by atoms with Gasteiger partial charge in [0.1, 0.15) is 0 Å². The summed E-state index contributed by atoms with van der Waals surface area (Å²) in [5.41, 5.74) is 3.65. The van der Waals surface area contributed by atoms with Crippen LogP contribution in [-0.2, 0) is 21.9 Å². The van der Waals surface area contributed by atoms with Gasteiger partial charge >= 0.3 is 0 Å². The molecule has 0 unspecified atom stereocenters. The largest absolute Gasteiger partial charge is 0.264 e. The van der Waals surface area contributed by atoms with Gasteiger partial charge in [-0.2, -0.15) is 0 Å². The van der Waals surface area contributed by atoms with Crippen LogP contribution in [0.4, 0.5) is 5.69 Å². The zero-order valence-electron chi connectivity index (χ0n) is 17.0. The Kier molecular flexibility index (Phi) is 3.79. The third kappa shape index (κ3) is 2.64. The van der Waals surface area contributed by atoms with Gasteiger partial charge in [0.25, 0.3) is 10.0 Å². The van der Waals surface area contributed by atoms with Gasteiger partial charge in [-0.3, -0.25) is 4.31 Å². The van der Waals surface area contributed by atoms with Crippen LogP contribution in [0.3, 0.4) is 0 Å². The topological polar surface area (TPSA) is 37.4 Å². The molecule has 0 saturated heterocycles. The molecule has 4 saturated carbocycles. The molecular formula is C25H29NO2S. The fourth-order valence-corrected chi connectivity index (χ4v) is 9.15. The number of hydrogen-bond donors (Lipinski definition) is 0. The van der Waals surface area contributed by atoms with Gasteiger partial charge in [-0.25, -0.2) is 8.42 Å². The predicted molar refractivity (Wildman–Crippen MR) is 116 cm³/mol. The van der Waals surface area contributed by atoms with Crippen molar-refractivity contribution >= 4 is 15.7 Å². The molecule has 0 spiro atoms. The summed E-state index contributed by atoms with van der Waals surface area (Å²) in [6.45, 7) is 2.00. The molecule has 4 heteroatoms. The molecule has 0 aromatic heterocycles. The first-order valence-electron chi connectivity index (χ1n) is 11.2. The highest BCUT2D eigenvalue weighted by molar-refractivity contribution is 7.92. The van der Waals surface area contributed by atoms with Crippen LogP contribution in [0.5, 0.6) is 0 Å². The highest BCUT2D eigenvalue weighted by atomic mass is 32.2. The van der Waals surface area contributed by atoms with E-state index < -0.39 is 10.0 Å². The van der Waals surface area contributed by atoms with Crippen LogP contribution in [-0.4, -0.2) is 14.5 Å². The number of para-hydroxylation sites is 1. The maximum atomic E-state index is 13.5. The zero-order chi connectivity index (χ0) is 19.8. The lowest BCUT2D eigenvalue weighted by molar-refractivity contribution is -0.00521. The molecule has 0 N–H and O–H groups in total. The minimum atomic E-state index is -3.54. The summed E-state index contributed by atoms with van der Waals surface area (Å²) >= 11 is 0. The van der Waals surface area contributed by atoms with E-state index in [9.17, 15) is 8.42 Å². The van der Waals surface area contributed by atoms with Crippen LogP contribution in [0.15, 0.2) is 53.4 Å². The van der Waals surface area contributed by atoms with Crippen molar-refractivity contribution in [3.05, 3.63) is 59.7 Å². The van der Waals surface area contributed by atoms with Crippen molar-refractivity contribution in [3.8, 4) is 0 Å². The lowest BCUT2D eigenvalue weighted by Gasteiger charge is -2.57. The standard InChI is InChI=1S/C25H29NO2S/c1-17-10-21-4-2-3-5-24(21)26(17)29(27,28)23-8-6-22(7-9-23)25-14-18-11-19(15-25)13-20(12-18)16-25/h2-9,17-20H,10-16H2,1H3/t17-,18?,19?,20?,25?/m1/s1. The molecule has 29 heavy (non-hydrogen) atoms. The highest BCUT2D eigenvalue weighted by Gasteiger charge is 2.51. The summed E-state index contributed by atoms with van der Waals surface area (Å²) in [5, 5.41) is 0. The molecule has 0 amide bonds. The highest BCUT2D eigenvalue weighted by Crippen LogP contribution is 2.60. The predicted octanol–water partition coefficient (Wildman–Crippen LogP) is 5.29. The minimum Gasteiger partial charge on any atom is -0.263 e. The number of nitrogens with zero attached hydrogens (tertiary/aromatic N) is 1. The van der Waals surface area contributed by atoms with E-state index >= 15 is 0 Å². The van der Waals surface area contributed by atoms with E-state index in [4.69, 9.17) is 0 Å². The molecule has 4 aliphatic carbocycles. The lowest BCUT2D eigenvalue weighted by atomic mass is 9.48. The van der Waals surface area contributed by atoms with E-state index in [2.05, 4.69) is 12.1 Å². The van der Waals surface area contributed by atoms with Crippen LogP contribution >= 0.6 is 0 Å². The molecule has 0 radical (unpaired) electrons. The smallest absolute Gasteiger partial charge is 0.263 e. The van der Waals surface area contributed by atoms with Gasteiger partial charge in [-0.15, -0.1) is 0 Å². The van der Waals surface area contributed by atoms with E-state index in [0.717, 1.165) is 35.4 Å². The summed E-state index contributed by atoms with van der Waals surface area (Å²) in [6, 6.07) is 15.8. The van der Waals surface area contributed by atoms with Crippen LogP contribution in [0.2, 0.25) is 0 Å². The first-order valence-corrected chi connectivity index (χ1v) is 12.6. The van der Waals surface area contributed by atoms with Crippen LogP contribution in [0.25, 0.3) is 0 Å². The van der Waals surface area contributed by atoms with Crippen LogP contribution < -0.4 is 4.31 Å². The Bertz CT molecular complexity index is 1020. The summed E-state index contributed by atoms with van der Waals surface area (Å²) < 4.78 is 28.6. The van der Waals surface area contributed by atoms with Gasteiger partial charge in [0.15, 0.2) is 0 Å². The molecule has 3 nitrogen and oxygen atoms in total. The molecule has 1 aliphatic heterocycles. The van der Waals surface area contributed by atoms with Crippen molar-refractivity contribution in [1.82, 2.24) is 0 Å². The van der Waals surface area contributed by atoms with E-state index in [1.54, 1.807) is 4.31 Å². The number of sulfonamides is 1. The van der Waals surface area contributed by atoms with Gasteiger partial charge in [0.2, 0.25) is 0 Å². The number of hydrogen-bond acceptors (Lipinski definition) is 2. The Hall–Kier alpha value is -1.81. The number of rotatable bonds is 3. The van der Waals surface area contributed by atoms with E-state index in [-0.39, 0.29) is 6.04 Å². The van der Waals surface area contributed by atoms with Gasteiger partial charge in [0.05, 0.1) is 10.6 Å².